The minimum atomic E-state index is -1.43. The number of carbonyl (C=O) groups is 2. The van der Waals surface area contributed by atoms with E-state index >= 15 is 0 Å². The number of imidazole rings is 2. The van der Waals surface area contributed by atoms with Crippen molar-refractivity contribution in [3.8, 4) is 22.6 Å². The molecule has 8 aromatic rings. The monoisotopic (exact) mass is 868 g/mol. The molecule has 4 N–H and O–H groups in total. The van der Waals surface area contributed by atoms with Gasteiger partial charge in [0.25, 0.3) is 0 Å². The van der Waals surface area contributed by atoms with Crippen LogP contribution in [0.1, 0.15) is 43.5 Å². The number of esters is 2. The smallest absolute Gasteiger partial charge is 0.488 e. The van der Waals surface area contributed by atoms with E-state index in [4.69, 9.17) is 29.0 Å². The van der Waals surface area contributed by atoms with Crippen molar-refractivity contribution in [3.63, 3.8) is 0 Å². The Bertz CT molecular complexity index is 2670. The molecule has 0 atom stereocenters. The molecule has 12 nitrogen and oxygen atoms in total. The second-order valence-electron chi connectivity index (χ2n) is 13.4. The van der Waals surface area contributed by atoms with E-state index in [0.717, 1.165) is 55.2 Å². The highest BCUT2D eigenvalue weighted by atomic mass is 79.9. The third-order valence-electron chi connectivity index (χ3n) is 9.05. The number of aromatic nitrogens is 4. The zero-order valence-electron chi connectivity index (χ0n) is 33.3. The maximum atomic E-state index is 12.2. The Balaban J connectivity index is 0.000000162. The van der Waals surface area contributed by atoms with Crippen LogP contribution in [0.2, 0.25) is 0 Å². The number of rotatable bonds is 10. The molecule has 0 aliphatic rings. The van der Waals surface area contributed by atoms with E-state index in [-0.39, 0.29) is 5.97 Å². The number of H-pyrrole nitrogens is 2. The van der Waals surface area contributed by atoms with Crippen molar-refractivity contribution in [3.05, 3.63) is 172 Å². The third kappa shape index (κ3) is 11.3. The molecule has 0 spiro atoms. The van der Waals surface area contributed by atoms with Crippen molar-refractivity contribution in [1.29, 1.82) is 0 Å². The van der Waals surface area contributed by atoms with E-state index in [9.17, 15) is 9.59 Å². The lowest BCUT2D eigenvalue weighted by molar-refractivity contribution is 0.0594. The average molecular weight is 870 g/mol. The van der Waals surface area contributed by atoms with E-state index in [1.165, 1.54) is 14.2 Å². The van der Waals surface area contributed by atoms with E-state index < -0.39 is 13.1 Å². The van der Waals surface area contributed by atoms with Crippen molar-refractivity contribution in [2.45, 2.75) is 27.1 Å². The van der Waals surface area contributed by atoms with Crippen LogP contribution in [0.3, 0.4) is 0 Å². The first kappa shape index (κ1) is 42.9. The van der Waals surface area contributed by atoms with Gasteiger partial charge < -0.3 is 39.0 Å². The summed E-state index contributed by atoms with van der Waals surface area (Å²) in [6, 6.07) is 41.8. The van der Waals surface area contributed by atoms with Crippen LogP contribution in [-0.4, -0.2) is 63.3 Å². The number of nitrogens with one attached hydrogen (secondary N) is 2. The summed E-state index contributed by atoms with van der Waals surface area (Å²) in [7, 11) is 1.30. The summed E-state index contributed by atoms with van der Waals surface area (Å²) in [5, 5.41) is 17.9. The molecule has 2 aromatic heterocycles. The van der Waals surface area contributed by atoms with Crippen LogP contribution in [0.25, 0.3) is 33.2 Å². The lowest BCUT2D eigenvalue weighted by atomic mass is 9.80. The third-order valence-corrected chi connectivity index (χ3v) is 9.51. The highest BCUT2D eigenvalue weighted by Gasteiger charge is 2.17. The van der Waals surface area contributed by atoms with Crippen LogP contribution < -0.4 is 14.9 Å². The number of hydrogen-bond donors (Lipinski definition) is 4. The minimum Gasteiger partial charge on any atom is -0.489 e. The quantitative estimate of drug-likeness (QED) is 0.0776. The van der Waals surface area contributed by atoms with Crippen molar-refractivity contribution in [2.24, 2.45) is 0 Å². The SMILES string of the molecule is COC(=O)c1cc(-c2ccc(OCc3ccccc3)cc2)cc2[nH]c(C)nc12.COC(=O)c1cc(Br)cc2[nH]c(C)nc12.OB(O)c1ccc(OCc2ccccc2)cc1. The van der Waals surface area contributed by atoms with E-state index in [1.807, 2.05) is 117 Å². The molecule has 0 radical (unpaired) electrons. The zero-order valence-corrected chi connectivity index (χ0v) is 34.9. The topological polar surface area (TPSA) is 169 Å². The van der Waals surface area contributed by atoms with Gasteiger partial charge >= 0.3 is 19.1 Å². The van der Waals surface area contributed by atoms with Crippen LogP contribution in [0.4, 0.5) is 0 Å². The van der Waals surface area contributed by atoms with Gasteiger partial charge in [0.2, 0.25) is 0 Å². The second-order valence-corrected chi connectivity index (χ2v) is 14.3. The van der Waals surface area contributed by atoms with Gasteiger partial charge in [0.1, 0.15) is 47.4 Å². The molecule has 2 heterocycles. The van der Waals surface area contributed by atoms with Crippen molar-refractivity contribution in [2.75, 3.05) is 14.2 Å². The molecule has 0 fully saturated rings. The molecule has 14 heteroatoms. The normalized spacial score (nSPS) is 10.5. The molecule has 6 aromatic carbocycles. The molecule has 0 saturated carbocycles. The number of carbonyl (C=O) groups excluding carboxylic acids is 2. The van der Waals surface area contributed by atoms with Crippen molar-refractivity contribution in [1.82, 2.24) is 19.9 Å². The van der Waals surface area contributed by atoms with E-state index in [0.29, 0.717) is 46.6 Å². The summed E-state index contributed by atoms with van der Waals surface area (Å²) >= 11 is 3.33. The highest BCUT2D eigenvalue weighted by Crippen LogP contribution is 2.29. The maximum absolute atomic E-state index is 12.2. The van der Waals surface area contributed by atoms with Gasteiger partial charge in [-0.3, -0.25) is 0 Å². The van der Waals surface area contributed by atoms with Gasteiger partial charge in [0, 0.05) is 4.47 Å². The number of aromatic amines is 2. The number of halogens is 1. The molecule has 0 bridgehead atoms. The fourth-order valence-electron chi connectivity index (χ4n) is 6.11. The van der Waals surface area contributed by atoms with E-state index in [1.54, 1.807) is 30.3 Å². The number of aryl methyl sites for hydroxylation is 2. The van der Waals surface area contributed by atoms with E-state index in [2.05, 4.69) is 35.9 Å². The highest BCUT2D eigenvalue weighted by molar-refractivity contribution is 9.10. The number of fused-ring (bicyclic) bond motifs is 2. The molecular weight excluding hydrogens is 827 g/mol. The summed E-state index contributed by atoms with van der Waals surface area (Å²) in [5.41, 5.74) is 8.36. The summed E-state index contributed by atoms with van der Waals surface area (Å²) in [6.45, 7) is 4.72. The Labute approximate surface area is 355 Å². The fraction of sp³-hybridized carbons (Fsp3) is 0.130. The number of benzene rings is 6. The predicted octanol–water partition coefficient (Wildman–Crippen LogP) is 8.27. The van der Waals surface area contributed by atoms with Crippen molar-refractivity contribution >= 4 is 62.5 Å². The lowest BCUT2D eigenvalue weighted by Crippen LogP contribution is -2.29. The zero-order chi connectivity index (χ0) is 42.6. The first-order valence-corrected chi connectivity index (χ1v) is 19.5. The predicted molar refractivity (Wildman–Crippen MR) is 235 cm³/mol. The minimum absolute atomic E-state index is 0.382. The summed E-state index contributed by atoms with van der Waals surface area (Å²) in [6.07, 6.45) is 0. The average Bonchev–Trinajstić information content (AvgIpc) is 3.85. The molecule has 60 heavy (non-hydrogen) atoms. The van der Waals surface area contributed by atoms with Gasteiger partial charge in [0.05, 0.1) is 36.4 Å². The number of hydrogen-bond acceptors (Lipinski definition) is 10. The van der Waals surface area contributed by atoms with Crippen molar-refractivity contribution < 1.29 is 38.6 Å². The van der Waals surface area contributed by atoms with Gasteiger partial charge in [-0.05, 0) is 90.1 Å². The van der Waals surface area contributed by atoms with Crippen LogP contribution in [0.15, 0.2) is 138 Å². The number of methoxy groups -OCH3 is 2. The first-order valence-electron chi connectivity index (χ1n) is 18.7. The molecular formula is C46H42BBrN4O8. The summed E-state index contributed by atoms with van der Waals surface area (Å²) < 4.78 is 21.8. The number of ether oxygens (including phenoxy) is 4. The van der Waals surface area contributed by atoms with Crippen LogP contribution in [-0.2, 0) is 22.7 Å². The molecule has 0 unspecified atom stereocenters. The van der Waals surface area contributed by atoms with Crippen LogP contribution in [0, 0.1) is 13.8 Å². The van der Waals surface area contributed by atoms with Gasteiger partial charge in [-0.25, -0.2) is 19.6 Å². The Morgan fingerprint density at radius 3 is 1.52 bits per heavy atom. The molecule has 304 valence electrons. The number of nitrogens with zero attached hydrogens (tertiary/aromatic N) is 2. The Hall–Kier alpha value is -6.74. The Morgan fingerprint density at radius 1 is 0.600 bits per heavy atom. The van der Waals surface area contributed by atoms with Crippen LogP contribution in [0.5, 0.6) is 11.5 Å². The molecule has 8 rings (SSSR count). The maximum Gasteiger partial charge on any atom is 0.488 e. The summed E-state index contributed by atoms with van der Waals surface area (Å²) in [4.78, 5) is 38.6. The van der Waals surface area contributed by atoms with Gasteiger partial charge in [0.15, 0.2) is 0 Å². The van der Waals surface area contributed by atoms with Gasteiger partial charge in [-0.15, -0.1) is 0 Å². The largest absolute Gasteiger partial charge is 0.489 e. The molecule has 0 amide bonds. The molecule has 0 aliphatic carbocycles. The van der Waals surface area contributed by atoms with Gasteiger partial charge in [-0.1, -0.05) is 101 Å². The van der Waals surface area contributed by atoms with Crippen LogP contribution >= 0.6 is 15.9 Å². The second kappa shape index (κ2) is 20.3. The van der Waals surface area contributed by atoms with Gasteiger partial charge in [-0.2, -0.15) is 0 Å². The standard InChI is InChI=1S/C23H20N2O3.C13H13BO3.C10H9BrN2O2/c1-15-24-21-13-18(12-20(22(21)25-15)23(26)27-2)17-8-10-19(11-9-17)28-14-16-6-4-3-5-7-16;15-14(16)12-6-8-13(9-7-12)17-10-11-4-2-1-3-5-11;1-5-12-8-4-6(11)3-7(9(8)13-5)10(14)15-2/h3-13H,14H2,1-2H3,(H,24,25);1-9,15-16H,10H2;3-4H,1-2H3,(H,12,13). The first-order chi connectivity index (χ1) is 29.0. The molecule has 0 saturated heterocycles. The lowest BCUT2D eigenvalue weighted by Gasteiger charge is -2.09. The fourth-order valence-corrected chi connectivity index (χ4v) is 6.56. The molecule has 0 aliphatic heterocycles. The summed E-state index contributed by atoms with van der Waals surface area (Å²) in [5.74, 6) is 2.24. The Kier molecular flexibility index (Phi) is 14.5. The Morgan fingerprint density at radius 2 is 1.05 bits per heavy atom.